The number of likely N-dealkylation sites (tertiary alicyclic amines) is 1. The predicted octanol–water partition coefficient (Wildman–Crippen LogP) is 2.21. The maximum Gasteiger partial charge on any atom is 0.236 e. The van der Waals surface area contributed by atoms with Gasteiger partial charge in [0.1, 0.15) is 11.9 Å². The average Bonchev–Trinajstić information content (AvgIpc) is 2.69. The number of likely N-dealkylation sites (N-methyl/N-ethyl adjacent to an activating group) is 1. The van der Waals surface area contributed by atoms with Crippen molar-refractivity contribution in [3.8, 4) is 5.75 Å². The maximum absolute atomic E-state index is 11.9. The molecule has 2 rings (SSSR count). The van der Waals surface area contributed by atoms with Crippen LogP contribution in [-0.2, 0) is 4.79 Å². The second kappa shape index (κ2) is 11.9. The normalized spacial score (nSPS) is 16.9. The van der Waals surface area contributed by atoms with Crippen LogP contribution in [0.2, 0.25) is 5.02 Å². The van der Waals surface area contributed by atoms with Crippen molar-refractivity contribution in [1.82, 2.24) is 20.4 Å². The lowest BCUT2D eigenvalue weighted by molar-refractivity contribution is -0.130. The molecule has 162 valence electrons. The summed E-state index contributed by atoms with van der Waals surface area (Å²) in [5.41, 5.74) is 0. The van der Waals surface area contributed by atoms with E-state index in [2.05, 4.69) is 27.4 Å². The van der Waals surface area contributed by atoms with E-state index in [4.69, 9.17) is 16.3 Å². The highest BCUT2D eigenvalue weighted by molar-refractivity contribution is 6.32. The van der Waals surface area contributed by atoms with Crippen molar-refractivity contribution in [2.24, 2.45) is 4.99 Å². The highest BCUT2D eigenvalue weighted by atomic mass is 35.5. The van der Waals surface area contributed by atoms with Crippen LogP contribution >= 0.6 is 11.6 Å². The number of rotatable bonds is 8. The van der Waals surface area contributed by atoms with Crippen molar-refractivity contribution in [3.63, 3.8) is 0 Å². The number of carbonyl (C=O) groups is 1. The van der Waals surface area contributed by atoms with E-state index in [9.17, 15) is 4.79 Å². The Bertz CT molecular complexity index is 675. The molecule has 8 heteroatoms. The van der Waals surface area contributed by atoms with Crippen molar-refractivity contribution in [1.29, 1.82) is 0 Å². The first-order valence-electron chi connectivity index (χ1n) is 10.3. The molecule has 0 aliphatic carbocycles. The number of hydrogen-bond acceptors (Lipinski definition) is 4. The van der Waals surface area contributed by atoms with E-state index >= 15 is 0 Å². The van der Waals surface area contributed by atoms with Crippen molar-refractivity contribution >= 4 is 23.5 Å². The summed E-state index contributed by atoms with van der Waals surface area (Å²) in [6.07, 6.45) is 1.87. The van der Waals surface area contributed by atoms with Gasteiger partial charge in [0.05, 0.1) is 18.1 Å². The number of halogens is 1. The molecule has 0 spiro atoms. The van der Waals surface area contributed by atoms with Crippen LogP contribution in [0.3, 0.4) is 0 Å². The van der Waals surface area contributed by atoms with Gasteiger partial charge in [-0.15, -0.1) is 0 Å². The maximum atomic E-state index is 11.9. The predicted molar refractivity (Wildman–Crippen MR) is 119 cm³/mol. The molecule has 7 nitrogen and oxygen atoms in total. The van der Waals surface area contributed by atoms with Crippen LogP contribution < -0.4 is 15.4 Å². The molecule has 1 atom stereocenters. The van der Waals surface area contributed by atoms with E-state index in [-0.39, 0.29) is 12.0 Å². The summed E-state index contributed by atoms with van der Waals surface area (Å²) in [5, 5.41) is 7.43. The van der Waals surface area contributed by atoms with Crippen LogP contribution in [0.1, 0.15) is 26.7 Å². The molecule has 29 heavy (non-hydrogen) atoms. The molecule has 1 heterocycles. The lowest BCUT2D eigenvalue weighted by Gasteiger charge is -2.33. The lowest BCUT2D eigenvalue weighted by Crippen LogP contribution is -2.50. The van der Waals surface area contributed by atoms with Gasteiger partial charge in [-0.25, -0.2) is 4.99 Å². The second-order valence-corrected chi connectivity index (χ2v) is 7.97. The summed E-state index contributed by atoms with van der Waals surface area (Å²) < 4.78 is 5.90. The Morgan fingerprint density at radius 3 is 2.66 bits per heavy atom. The monoisotopic (exact) mass is 423 g/mol. The number of hydrogen-bond donors (Lipinski definition) is 2. The number of carbonyl (C=O) groups excluding carboxylic acids is 1. The van der Waals surface area contributed by atoms with Crippen molar-refractivity contribution in [2.75, 3.05) is 46.8 Å². The number of aliphatic imine (C=N–C) groups is 1. The van der Waals surface area contributed by atoms with E-state index < -0.39 is 0 Å². The first-order valence-corrected chi connectivity index (χ1v) is 10.6. The van der Waals surface area contributed by atoms with Gasteiger partial charge in [0, 0.05) is 39.8 Å². The van der Waals surface area contributed by atoms with Gasteiger partial charge < -0.3 is 20.3 Å². The van der Waals surface area contributed by atoms with Crippen LogP contribution in [0, 0.1) is 0 Å². The first-order chi connectivity index (χ1) is 13.9. The zero-order valence-corrected chi connectivity index (χ0v) is 18.7. The molecule has 1 saturated heterocycles. The van der Waals surface area contributed by atoms with Crippen LogP contribution in [0.5, 0.6) is 5.75 Å². The van der Waals surface area contributed by atoms with E-state index in [1.54, 1.807) is 19.0 Å². The van der Waals surface area contributed by atoms with Crippen molar-refractivity contribution in [2.45, 2.75) is 38.8 Å². The molecule has 1 amide bonds. The Hall–Kier alpha value is -1.99. The zero-order valence-electron chi connectivity index (χ0n) is 17.9. The fraction of sp³-hybridized carbons (Fsp3) is 0.619. The SMILES string of the molecule is CCNC(=NCC(C)Oc1ccccc1Cl)NC1CCN(CC(=O)N(C)C)CC1. The topological polar surface area (TPSA) is 69.2 Å². The molecule has 0 bridgehead atoms. The summed E-state index contributed by atoms with van der Waals surface area (Å²) in [6, 6.07) is 7.81. The molecule has 2 N–H and O–H groups in total. The van der Waals surface area contributed by atoms with Gasteiger partial charge in [-0.2, -0.15) is 0 Å². The quantitative estimate of drug-likeness (QED) is 0.495. The smallest absolute Gasteiger partial charge is 0.236 e. The molecule has 1 aliphatic heterocycles. The average molecular weight is 424 g/mol. The van der Waals surface area contributed by atoms with E-state index in [0.717, 1.165) is 38.4 Å². The molecule has 0 aromatic heterocycles. The fourth-order valence-corrected chi connectivity index (χ4v) is 3.28. The number of benzene rings is 1. The van der Waals surface area contributed by atoms with Crippen molar-refractivity contribution < 1.29 is 9.53 Å². The summed E-state index contributed by atoms with van der Waals surface area (Å²) in [7, 11) is 3.60. The van der Waals surface area contributed by atoms with Crippen molar-refractivity contribution in [3.05, 3.63) is 29.3 Å². The standard InChI is InChI=1S/C21H34ClN5O2/c1-5-23-21(24-14-16(2)29-19-9-7-6-8-18(19)22)25-17-10-12-27(13-11-17)15-20(28)26(3)4/h6-9,16-17H,5,10-15H2,1-4H3,(H2,23,24,25). The number of ether oxygens (including phenoxy) is 1. The summed E-state index contributed by atoms with van der Waals surface area (Å²) in [4.78, 5) is 20.4. The second-order valence-electron chi connectivity index (χ2n) is 7.56. The molecule has 1 unspecified atom stereocenters. The molecule has 1 aliphatic rings. The summed E-state index contributed by atoms with van der Waals surface area (Å²) in [5.74, 6) is 1.62. The Morgan fingerprint density at radius 2 is 2.03 bits per heavy atom. The summed E-state index contributed by atoms with van der Waals surface area (Å²) >= 11 is 6.16. The highest BCUT2D eigenvalue weighted by Gasteiger charge is 2.22. The molecule has 1 aromatic rings. The largest absolute Gasteiger partial charge is 0.487 e. The van der Waals surface area contributed by atoms with Crippen LogP contribution in [0.25, 0.3) is 0 Å². The minimum Gasteiger partial charge on any atom is -0.487 e. The van der Waals surface area contributed by atoms with E-state index in [1.807, 2.05) is 31.2 Å². The molecule has 0 radical (unpaired) electrons. The third kappa shape index (κ3) is 8.11. The number of para-hydroxylation sites is 1. The Morgan fingerprint density at radius 1 is 1.34 bits per heavy atom. The van der Waals surface area contributed by atoms with Crippen LogP contribution in [0.4, 0.5) is 0 Å². The first kappa shape index (κ1) is 23.3. The third-order valence-corrected chi connectivity index (χ3v) is 5.11. The van der Waals surface area contributed by atoms with Gasteiger partial charge in [-0.1, -0.05) is 23.7 Å². The zero-order chi connectivity index (χ0) is 21.2. The molecule has 1 fully saturated rings. The van der Waals surface area contributed by atoms with Gasteiger partial charge in [-0.3, -0.25) is 9.69 Å². The number of nitrogens with zero attached hydrogens (tertiary/aromatic N) is 3. The molecule has 0 saturated carbocycles. The number of amides is 1. The molecular formula is C21H34ClN5O2. The number of guanidine groups is 1. The van der Waals surface area contributed by atoms with Gasteiger partial charge in [0.2, 0.25) is 5.91 Å². The molecule has 1 aromatic carbocycles. The van der Waals surface area contributed by atoms with Gasteiger partial charge in [0.25, 0.3) is 0 Å². The van der Waals surface area contributed by atoms with Gasteiger partial charge in [0.15, 0.2) is 5.96 Å². The Balaban J connectivity index is 1.82. The van der Waals surface area contributed by atoms with E-state index in [1.165, 1.54) is 0 Å². The van der Waals surface area contributed by atoms with Gasteiger partial charge in [-0.05, 0) is 38.8 Å². The van der Waals surface area contributed by atoms with E-state index in [0.29, 0.717) is 29.9 Å². The van der Waals surface area contributed by atoms with Gasteiger partial charge >= 0.3 is 0 Å². The Kier molecular flexibility index (Phi) is 9.54. The fourth-order valence-electron chi connectivity index (χ4n) is 3.10. The minimum absolute atomic E-state index is 0.0933. The third-order valence-electron chi connectivity index (χ3n) is 4.80. The molecular weight excluding hydrogens is 390 g/mol. The number of piperidine rings is 1. The summed E-state index contributed by atoms with van der Waals surface area (Å²) in [6.45, 7) is 7.65. The highest BCUT2D eigenvalue weighted by Crippen LogP contribution is 2.24. The van der Waals surface area contributed by atoms with Crippen LogP contribution in [-0.4, -0.2) is 80.6 Å². The Labute approximate surface area is 179 Å². The number of nitrogens with one attached hydrogen (secondary N) is 2. The lowest BCUT2D eigenvalue weighted by atomic mass is 10.1. The van der Waals surface area contributed by atoms with Crippen LogP contribution in [0.15, 0.2) is 29.3 Å². The minimum atomic E-state index is -0.0933.